The van der Waals surface area contributed by atoms with Crippen molar-refractivity contribution in [1.82, 2.24) is 15.1 Å². The summed E-state index contributed by atoms with van der Waals surface area (Å²) in [6.07, 6.45) is 1.68. The smallest absolute Gasteiger partial charge is 0.322 e. The van der Waals surface area contributed by atoms with Gasteiger partial charge in [-0.15, -0.1) is 6.58 Å². The lowest BCUT2D eigenvalue weighted by Gasteiger charge is -2.33. The first-order valence-corrected chi connectivity index (χ1v) is 9.84. The molecule has 2 unspecified atom stereocenters. The number of nitrogens with zero attached hydrogens (tertiary/aromatic N) is 2. The van der Waals surface area contributed by atoms with E-state index in [1.807, 2.05) is 36.1 Å². The van der Waals surface area contributed by atoms with Gasteiger partial charge in [0.15, 0.2) is 0 Å². The van der Waals surface area contributed by atoms with Crippen LogP contribution in [0.5, 0.6) is 5.75 Å². The fourth-order valence-corrected chi connectivity index (χ4v) is 3.70. The van der Waals surface area contributed by atoms with E-state index in [1.165, 1.54) is 0 Å². The Bertz CT molecular complexity index is 798. The van der Waals surface area contributed by atoms with Crippen molar-refractivity contribution >= 4 is 11.9 Å². The molecule has 0 spiro atoms. The van der Waals surface area contributed by atoms with Crippen molar-refractivity contribution in [3.8, 4) is 5.75 Å². The highest BCUT2D eigenvalue weighted by atomic mass is 16.5. The Balaban J connectivity index is 2.00. The van der Waals surface area contributed by atoms with E-state index >= 15 is 0 Å². The molecule has 0 saturated carbocycles. The molecule has 6 heteroatoms. The predicted octanol–water partition coefficient (Wildman–Crippen LogP) is 3.48. The number of urea groups is 1. The fraction of sp³-hybridized carbons (Fsp3) is 0.455. The molecule has 2 heterocycles. The van der Waals surface area contributed by atoms with E-state index < -0.39 is 6.04 Å². The largest absolute Gasteiger partial charge is 0.494 e. The van der Waals surface area contributed by atoms with Crippen LogP contribution in [0.25, 0.3) is 0 Å². The van der Waals surface area contributed by atoms with E-state index in [9.17, 15) is 9.59 Å². The Kier molecular flexibility index (Phi) is 5.77. The van der Waals surface area contributed by atoms with Crippen LogP contribution in [0, 0.1) is 5.92 Å². The fourth-order valence-electron chi connectivity index (χ4n) is 3.70. The second-order valence-corrected chi connectivity index (χ2v) is 7.56. The SMILES string of the molecule is C=CCN1C(=O)NC(c2ccc(OCC)cc2)C2=C1CN(C(C)C(C)C)C2=O. The molecule has 1 aromatic carbocycles. The van der Waals surface area contributed by atoms with Crippen molar-refractivity contribution in [3.05, 3.63) is 53.8 Å². The highest BCUT2D eigenvalue weighted by Gasteiger charge is 2.45. The molecule has 0 saturated heterocycles. The standard InChI is InChI=1S/C22H29N3O3/c1-6-12-24-18-13-25(15(5)14(3)4)21(26)19(18)20(23-22(24)27)16-8-10-17(11-9-16)28-7-2/h6,8-11,14-15,20H,1,7,12-13H2,2-5H3,(H,23,27). The number of amides is 3. The number of carbonyl (C=O) groups excluding carboxylic acids is 2. The summed E-state index contributed by atoms with van der Waals surface area (Å²) in [5, 5.41) is 3.00. The molecule has 0 fully saturated rings. The van der Waals surface area contributed by atoms with Crippen LogP contribution in [-0.2, 0) is 4.79 Å². The van der Waals surface area contributed by atoms with E-state index in [-0.39, 0.29) is 18.0 Å². The minimum atomic E-state index is -0.462. The number of nitrogens with one attached hydrogen (secondary N) is 1. The molecule has 2 atom stereocenters. The summed E-state index contributed by atoms with van der Waals surface area (Å²) in [6, 6.07) is 6.97. The molecule has 0 radical (unpaired) electrons. The molecule has 6 nitrogen and oxygen atoms in total. The lowest BCUT2D eigenvalue weighted by atomic mass is 9.95. The van der Waals surface area contributed by atoms with Gasteiger partial charge in [0.25, 0.3) is 5.91 Å². The first kappa shape index (κ1) is 20.0. The van der Waals surface area contributed by atoms with Gasteiger partial charge in [0.05, 0.1) is 30.5 Å². The molecule has 0 bridgehead atoms. The van der Waals surface area contributed by atoms with Crippen molar-refractivity contribution < 1.29 is 14.3 Å². The highest BCUT2D eigenvalue weighted by Crippen LogP contribution is 2.38. The van der Waals surface area contributed by atoms with Gasteiger partial charge in [-0.1, -0.05) is 32.1 Å². The summed E-state index contributed by atoms with van der Waals surface area (Å²) >= 11 is 0. The number of carbonyl (C=O) groups is 2. The Morgan fingerprint density at radius 2 is 1.93 bits per heavy atom. The average Bonchev–Trinajstić information content (AvgIpc) is 3.01. The summed E-state index contributed by atoms with van der Waals surface area (Å²) < 4.78 is 5.51. The molecule has 28 heavy (non-hydrogen) atoms. The predicted molar refractivity (Wildman–Crippen MR) is 109 cm³/mol. The number of rotatable bonds is 7. The minimum absolute atomic E-state index is 0.0100. The normalized spacial score (nSPS) is 20.4. The van der Waals surface area contributed by atoms with Gasteiger partial charge in [-0.3, -0.25) is 9.69 Å². The maximum atomic E-state index is 13.3. The first-order chi connectivity index (χ1) is 13.4. The van der Waals surface area contributed by atoms with Crippen LogP contribution in [0.2, 0.25) is 0 Å². The molecule has 3 amide bonds. The quantitative estimate of drug-likeness (QED) is 0.734. The number of hydrogen-bond donors (Lipinski definition) is 1. The van der Waals surface area contributed by atoms with E-state index in [0.717, 1.165) is 17.0 Å². The highest BCUT2D eigenvalue weighted by molar-refractivity contribution is 6.01. The summed E-state index contributed by atoms with van der Waals surface area (Å²) in [6.45, 7) is 13.4. The lowest BCUT2D eigenvalue weighted by Crippen LogP contribution is -2.47. The Labute approximate surface area is 166 Å². The van der Waals surface area contributed by atoms with Gasteiger partial charge in [-0.25, -0.2) is 4.79 Å². The van der Waals surface area contributed by atoms with Gasteiger partial charge >= 0.3 is 6.03 Å². The van der Waals surface area contributed by atoms with Crippen LogP contribution in [0.15, 0.2) is 48.2 Å². The third-order valence-electron chi connectivity index (χ3n) is 5.54. The third kappa shape index (κ3) is 3.51. The summed E-state index contributed by atoms with van der Waals surface area (Å²) in [4.78, 5) is 29.6. The van der Waals surface area contributed by atoms with Crippen LogP contribution in [0.1, 0.15) is 39.3 Å². The zero-order chi connectivity index (χ0) is 20.4. The molecule has 2 aliphatic rings. The van der Waals surface area contributed by atoms with Crippen LogP contribution < -0.4 is 10.1 Å². The Morgan fingerprint density at radius 1 is 1.25 bits per heavy atom. The van der Waals surface area contributed by atoms with Gasteiger partial charge in [0, 0.05) is 12.6 Å². The van der Waals surface area contributed by atoms with Crippen molar-refractivity contribution in [2.24, 2.45) is 5.92 Å². The molecule has 150 valence electrons. The van der Waals surface area contributed by atoms with Crippen molar-refractivity contribution in [2.45, 2.75) is 39.8 Å². The van der Waals surface area contributed by atoms with Gasteiger partial charge in [-0.2, -0.15) is 0 Å². The van der Waals surface area contributed by atoms with Gasteiger partial charge in [0.1, 0.15) is 5.75 Å². The van der Waals surface area contributed by atoms with Crippen LogP contribution in [0.4, 0.5) is 4.79 Å². The number of ether oxygens (including phenoxy) is 1. The molecule has 0 aliphatic carbocycles. The summed E-state index contributed by atoms with van der Waals surface area (Å²) in [5.41, 5.74) is 2.30. The van der Waals surface area contributed by atoms with Crippen molar-refractivity contribution in [2.75, 3.05) is 19.7 Å². The Hall–Kier alpha value is -2.76. The van der Waals surface area contributed by atoms with Crippen molar-refractivity contribution in [1.29, 1.82) is 0 Å². The molecular formula is C22H29N3O3. The summed E-state index contributed by atoms with van der Waals surface area (Å²) in [7, 11) is 0. The van der Waals surface area contributed by atoms with E-state index in [0.29, 0.717) is 31.2 Å². The van der Waals surface area contributed by atoms with E-state index in [4.69, 9.17) is 4.74 Å². The van der Waals surface area contributed by atoms with Crippen LogP contribution >= 0.6 is 0 Å². The molecule has 3 rings (SSSR count). The molecule has 0 aromatic heterocycles. The lowest BCUT2D eigenvalue weighted by molar-refractivity contribution is -0.128. The molecule has 1 aromatic rings. The zero-order valence-corrected chi connectivity index (χ0v) is 17.1. The van der Waals surface area contributed by atoms with Gasteiger partial charge < -0.3 is 15.0 Å². The van der Waals surface area contributed by atoms with E-state index in [2.05, 4.69) is 32.7 Å². The number of benzene rings is 1. The topological polar surface area (TPSA) is 61.9 Å². The molecule has 2 aliphatic heterocycles. The minimum Gasteiger partial charge on any atom is -0.494 e. The number of hydrogen-bond acceptors (Lipinski definition) is 3. The van der Waals surface area contributed by atoms with Crippen LogP contribution in [0.3, 0.4) is 0 Å². The maximum absolute atomic E-state index is 13.3. The second kappa shape index (κ2) is 8.09. The zero-order valence-electron chi connectivity index (χ0n) is 17.1. The third-order valence-corrected chi connectivity index (χ3v) is 5.54. The average molecular weight is 383 g/mol. The summed E-state index contributed by atoms with van der Waals surface area (Å²) in [5.74, 6) is 1.08. The monoisotopic (exact) mass is 383 g/mol. The van der Waals surface area contributed by atoms with Gasteiger partial charge in [-0.05, 0) is 37.5 Å². The van der Waals surface area contributed by atoms with Crippen molar-refractivity contribution in [3.63, 3.8) is 0 Å². The Morgan fingerprint density at radius 3 is 2.50 bits per heavy atom. The first-order valence-electron chi connectivity index (χ1n) is 9.84. The molecule has 1 N–H and O–H groups in total. The van der Waals surface area contributed by atoms with Crippen LogP contribution in [-0.4, -0.2) is 47.5 Å². The van der Waals surface area contributed by atoms with Gasteiger partial charge in [0.2, 0.25) is 0 Å². The molecular weight excluding hydrogens is 354 g/mol. The van der Waals surface area contributed by atoms with E-state index in [1.54, 1.807) is 11.0 Å². The maximum Gasteiger partial charge on any atom is 0.322 e. The second-order valence-electron chi connectivity index (χ2n) is 7.56.